The number of rotatable bonds is 3. The molecule has 1 aromatic rings. The molecule has 0 amide bonds. The Hall–Kier alpha value is -1.38. The fourth-order valence-corrected chi connectivity index (χ4v) is 2.80. The number of nitrogens with two attached hydrogens (primary N) is 2. The number of hydrogen-bond acceptors (Lipinski definition) is 3. The van der Waals surface area contributed by atoms with E-state index in [4.69, 9.17) is 11.5 Å². The van der Waals surface area contributed by atoms with Crippen molar-refractivity contribution >= 4 is 17.1 Å². The summed E-state index contributed by atoms with van der Waals surface area (Å²) >= 11 is 0. The van der Waals surface area contributed by atoms with Gasteiger partial charge in [0.15, 0.2) is 0 Å². The highest BCUT2D eigenvalue weighted by Gasteiger charge is 2.36. The van der Waals surface area contributed by atoms with Gasteiger partial charge in [0.2, 0.25) is 0 Å². The maximum absolute atomic E-state index is 6.13. The van der Waals surface area contributed by atoms with Crippen LogP contribution < -0.4 is 16.4 Å². The third kappa shape index (κ3) is 2.06. The first-order valence-corrected chi connectivity index (χ1v) is 6.41. The lowest BCUT2D eigenvalue weighted by Crippen LogP contribution is -2.42. The number of anilines is 3. The van der Waals surface area contributed by atoms with Crippen molar-refractivity contribution in [2.24, 2.45) is 0 Å². The SMILES string of the molecule is CCCCN1c2c(N)cc(N)cc2CC1(C)C. The van der Waals surface area contributed by atoms with Gasteiger partial charge in [-0.05, 0) is 44.4 Å². The Labute approximate surface area is 104 Å². The third-order valence-corrected chi connectivity index (χ3v) is 3.60. The van der Waals surface area contributed by atoms with Crippen molar-refractivity contribution in [1.82, 2.24) is 0 Å². The van der Waals surface area contributed by atoms with Gasteiger partial charge < -0.3 is 16.4 Å². The molecule has 0 saturated carbocycles. The average molecular weight is 233 g/mol. The molecular weight excluding hydrogens is 210 g/mol. The van der Waals surface area contributed by atoms with Gasteiger partial charge in [0.25, 0.3) is 0 Å². The van der Waals surface area contributed by atoms with Gasteiger partial charge in [-0.25, -0.2) is 0 Å². The molecule has 0 unspecified atom stereocenters. The van der Waals surface area contributed by atoms with Crippen LogP contribution in [0.25, 0.3) is 0 Å². The Morgan fingerprint density at radius 2 is 2.00 bits per heavy atom. The molecule has 1 heterocycles. The van der Waals surface area contributed by atoms with Crippen molar-refractivity contribution < 1.29 is 0 Å². The quantitative estimate of drug-likeness (QED) is 0.789. The van der Waals surface area contributed by atoms with Crippen molar-refractivity contribution in [2.75, 3.05) is 22.9 Å². The highest BCUT2D eigenvalue weighted by molar-refractivity contribution is 5.79. The zero-order valence-corrected chi connectivity index (χ0v) is 11.1. The maximum Gasteiger partial charge on any atom is 0.0639 e. The van der Waals surface area contributed by atoms with E-state index >= 15 is 0 Å². The maximum atomic E-state index is 6.13. The molecule has 0 saturated heterocycles. The smallest absolute Gasteiger partial charge is 0.0639 e. The Morgan fingerprint density at radius 1 is 1.29 bits per heavy atom. The Kier molecular flexibility index (Phi) is 2.94. The van der Waals surface area contributed by atoms with Gasteiger partial charge in [0.05, 0.1) is 11.4 Å². The molecule has 4 N–H and O–H groups in total. The van der Waals surface area contributed by atoms with Crippen LogP contribution in [0.15, 0.2) is 12.1 Å². The summed E-state index contributed by atoms with van der Waals surface area (Å²) < 4.78 is 0. The van der Waals surface area contributed by atoms with E-state index in [1.54, 1.807) is 0 Å². The molecular formula is C14H23N3. The first-order chi connectivity index (χ1) is 7.95. The molecule has 94 valence electrons. The highest BCUT2D eigenvalue weighted by atomic mass is 15.2. The predicted octanol–water partition coefficient (Wildman–Crippen LogP) is 2.79. The average Bonchev–Trinajstić information content (AvgIpc) is 2.45. The molecule has 0 atom stereocenters. The second-order valence-electron chi connectivity index (χ2n) is 5.61. The molecule has 0 spiro atoms. The van der Waals surface area contributed by atoms with Crippen molar-refractivity contribution in [3.63, 3.8) is 0 Å². The molecule has 1 aliphatic rings. The molecule has 3 heteroatoms. The standard InChI is InChI=1S/C14H23N3/c1-4-5-6-17-13-10(9-14(17,2)3)7-11(15)8-12(13)16/h7-8H,4-6,9,15-16H2,1-3H3. The lowest BCUT2D eigenvalue weighted by molar-refractivity contribution is 0.480. The number of nitrogens with zero attached hydrogens (tertiary/aromatic N) is 1. The third-order valence-electron chi connectivity index (χ3n) is 3.60. The molecule has 3 nitrogen and oxygen atoms in total. The fraction of sp³-hybridized carbons (Fsp3) is 0.571. The lowest BCUT2D eigenvalue weighted by atomic mass is 9.99. The van der Waals surface area contributed by atoms with Crippen LogP contribution in [0, 0.1) is 0 Å². The van der Waals surface area contributed by atoms with E-state index in [2.05, 4.69) is 31.7 Å². The largest absolute Gasteiger partial charge is 0.399 e. The minimum absolute atomic E-state index is 0.152. The van der Waals surface area contributed by atoms with Crippen LogP contribution in [0.5, 0.6) is 0 Å². The number of fused-ring (bicyclic) bond motifs is 1. The van der Waals surface area contributed by atoms with E-state index in [1.165, 1.54) is 24.1 Å². The topological polar surface area (TPSA) is 55.3 Å². The van der Waals surface area contributed by atoms with Crippen molar-refractivity contribution in [2.45, 2.75) is 45.6 Å². The second kappa shape index (κ2) is 4.13. The first kappa shape index (κ1) is 12.1. The summed E-state index contributed by atoms with van der Waals surface area (Å²) in [6, 6.07) is 3.94. The summed E-state index contributed by atoms with van der Waals surface area (Å²) in [5.74, 6) is 0. The summed E-state index contributed by atoms with van der Waals surface area (Å²) in [5.41, 5.74) is 16.2. The zero-order valence-electron chi connectivity index (χ0n) is 11.1. The Morgan fingerprint density at radius 3 is 2.65 bits per heavy atom. The van der Waals surface area contributed by atoms with Crippen molar-refractivity contribution in [3.05, 3.63) is 17.7 Å². The van der Waals surface area contributed by atoms with Crippen molar-refractivity contribution in [1.29, 1.82) is 0 Å². The summed E-state index contributed by atoms with van der Waals surface area (Å²) in [6.07, 6.45) is 3.44. The van der Waals surface area contributed by atoms with E-state index in [9.17, 15) is 0 Å². The van der Waals surface area contributed by atoms with Crippen LogP contribution >= 0.6 is 0 Å². The number of unbranched alkanes of at least 4 members (excludes halogenated alkanes) is 1. The van der Waals surface area contributed by atoms with Gasteiger partial charge >= 0.3 is 0 Å². The summed E-state index contributed by atoms with van der Waals surface area (Å²) in [4.78, 5) is 2.45. The minimum Gasteiger partial charge on any atom is -0.399 e. The normalized spacial score (nSPS) is 17.2. The Balaban J connectivity index is 2.41. The summed E-state index contributed by atoms with van der Waals surface area (Å²) in [6.45, 7) is 7.84. The highest BCUT2D eigenvalue weighted by Crippen LogP contribution is 2.43. The number of nitrogen functional groups attached to an aromatic ring is 2. The van der Waals surface area contributed by atoms with Crippen LogP contribution in [-0.2, 0) is 6.42 Å². The predicted molar refractivity (Wildman–Crippen MR) is 75.3 cm³/mol. The monoisotopic (exact) mass is 233 g/mol. The first-order valence-electron chi connectivity index (χ1n) is 6.41. The second-order valence-corrected chi connectivity index (χ2v) is 5.61. The van der Waals surface area contributed by atoms with Gasteiger partial charge in [-0.1, -0.05) is 13.3 Å². The van der Waals surface area contributed by atoms with Crippen molar-refractivity contribution in [3.8, 4) is 0 Å². The molecule has 17 heavy (non-hydrogen) atoms. The fourth-order valence-electron chi connectivity index (χ4n) is 2.80. The Bertz CT molecular complexity index is 424. The molecule has 1 aliphatic heterocycles. The van der Waals surface area contributed by atoms with Crippen LogP contribution in [0.1, 0.15) is 39.2 Å². The van der Waals surface area contributed by atoms with Crippen LogP contribution in [-0.4, -0.2) is 12.1 Å². The van der Waals surface area contributed by atoms with Gasteiger partial charge in [0.1, 0.15) is 0 Å². The molecule has 0 radical (unpaired) electrons. The summed E-state index contributed by atoms with van der Waals surface area (Å²) in [7, 11) is 0. The van der Waals surface area contributed by atoms with Gasteiger partial charge in [-0.3, -0.25) is 0 Å². The minimum atomic E-state index is 0.152. The molecule has 2 rings (SSSR count). The molecule has 0 bridgehead atoms. The van der Waals surface area contributed by atoms with E-state index in [1.807, 2.05) is 6.07 Å². The van der Waals surface area contributed by atoms with Gasteiger partial charge in [-0.2, -0.15) is 0 Å². The van der Waals surface area contributed by atoms with E-state index in [0.717, 1.165) is 24.3 Å². The van der Waals surface area contributed by atoms with Gasteiger partial charge in [-0.15, -0.1) is 0 Å². The van der Waals surface area contributed by atoms with E-state index in [0.29, 0.717) is 0 Å². The molecule has 0 fully saturated rings. The number of benzene rings is 1. The molecule has 1 aromatic carbocycles. The van der Waals surface area contributed by atoms with Gasteiger partial charge in [0, 0.05) is 17.8 Å². The van der Waals surface area contributed by atoms with Crippen LogP contribution in [0.3, 0.4) is 0 Å². The van der Waals surface area contributed by atoms with E-state index < -0.39 is 0 Å². The zero-order chi connectivity index (χ0) is 12.6. The van der Waals surface area contributed by atoms with Crippen LogP contribution in [0.2, 0.25) is 0 Å². The van der Waals surface area contributed by atoms with Crippen LogP contribution in [0.4, 0.5) is 17.1 Å². The lowest BCUT2D eigenvalue weighted by Gasteiger charge is -2.34. The van der Waals surface area contributed by atoms with E-state index in [-0.39, 0.29) is 5.54 Å². The summed E-state index contributed by atoms with van der Waals surface area (Å²) in [5, 5.41) is 0. The molecule has 0 aromatic heterocycles. The number of hydrogen-bond donors (Lipinski definition) is 2. The molecule has 0 aliphatic carbocycles.